The predicted octanol–water partition coefficient (Wildman–Crippen LogP) is 6.14. The number of halogens is 1. The quantitative estimate of drug-likeness (QED) is 0.304. The normalized spacial score (nSPS) is 10.8. The largest absolute Gasteiger partial charge is 0.369 e. The second kappa shape index (κ2) is 9.55. The Kier molecular flexibility index (Phi) is 6.00. The van der Waals surface area contributed by atoms with Crippen molar-refractivity contribution in [1.29, 1.82) is 5.26 Å². The number of rotatable bonds is 7. The van der Waals surface area contributed by atoms with E-state index in [1.54, 1.807) is 24.3 Å². The Balaban J connectivity index is 1.33. The van der Waals surface area contributed by atoms with Crippen molar-refractivity contribution in [2.24, 2.45) is 0 Å². The van der Waals surface area contributed by atoms with E-state index in [2.05, 4.69) is 39.1 Å². The molecule has 34 heavy (non-hydrogen) atoms. The first kappa shape index (κ1) is 21.4. The fourth-order valence-corrected chi connectivity index (χ4v) is 4.03. The van der Waals surface area contributed by atoms with Crippen molar-refractivity contribution in [2.75, 3.05) is 11.9 Å². The maximum Gasteiger partial charge on any atom is 0.144 e. The van der Waals surface area contributed by atoms with Crippen LogP contribution < -0.4 is 5.32 Å². The molecule has 166 valence electrons. The molecule has 5 rings (SSSR count). The van der Waals surface area contributed by atoms with Crippen LogP contribution in [0.3, 0.4) is 0 Å². The summed E-state index contributed by atoms with van der Waals surface area (Å²) < 4.78 is 15.5. The highest BCUT2D eigenvalue weighted by molar-refractivity contribution is 5.78. The number of nitrogens with zero attached hydrogens (tertiary/aromatic N) is 4. The number of benzene rings is 3. The van der Waals surface area contributed by atoms with E-state index in [9.17, 15) is 9.65 Å². The van der Waals surface area contributed by atoms with Gasteiger partial charge in [-0.3, -0.25) is 4.57 Å². The predicted molar refractivity (Wildman–Crippen MR) is 132 cm³/mol. The number of pyridine rings is 1. The molecule has 5 nitrogen and oxygen atoms in total. The van der Waals surface area contributed by atoms with E-state index >= 15 is 0 Å². The van der Waals surface area contributed by atoms with Crippen molar-refractivity contribution in [3.8, 4) is 23.0 Å². The van der Waals surface area contributed by atoms with E-state index in [1.807, 2.05) is 36.4 Å². The Bertz CT molecular complexity index is 1470. The molecule has 0 radical (unpaired) electrons. The zero-order valence-corrected chi connectivity index (χ0v) is 18.4. The van der Waals surface area contributed by atoms with Crippen molar-refractivity contribution in [1.82, 2.24) is 14.5 Å². The first-order chi connectivity index (χ1) is 16.7. The van der Waals surface area contributed by atoms with Gasteiger partial charge in [0.2, 0.25) is 0 Å². The topological polar surface area (TPSA) is 66.5 Å². The molecule has 0 saturated heterocycles. The van der Waals surface area contributed by atoms with Gasteiger partial charge in [0.25, 0.3) is 0 Å². The van der Waals surface area contributed by atoms with Gasteiger partial charge in [0, 0.05) is 24.2 Å². The summed E-state index contributed by atoms with van der Waals surface area (Å²) in [4.78, 5) is 9.48. The fourth-order valence-electron chi connectivity index (χ4n) is 4.03. The zero-order valence-electron chi connectivity index (χ0n) is 18.4. The first-order valence-electron chi connectivity index (χ1n) is 11.2. The van der Waals surface area contributed by atoms with Gasteiger partial charge < -0.3 is 5.32 Å². The minimum absolute atomic E-state index is 0.294. The van der Waals surface area contributed by atoms with Crippen molar-refractivity contribution in [3.05, 3.63) is 108 Å². The van der Waals surface area contributed by atoms with Crippen molar-refractivity contribution < 1.29 is 4.39 Å². The smallest absolute Gasteiger partial charge is 0.144 e. The van der Waals surface area contributed by atoms with Crippen LogP contribution in [-0.2, 0) is 6.42 Å². The molecular weight excluding hydrogens is 425 g/mol. The second-order valence-corrected chi connectivity index (χ2v) is 7.93. The maximum atomic E-state index is 13.3. The number of para-hydroxylation sites is 3. The van der Waals surface area contributed by atoms with Gasteiger partial charge in [-0.25, -0.2) is 14.4 Å². The van der Waals surface area contributed by atoms with Crippen LogP contribution in [0.2, 0.25) is 0 Å². The van der Waals surface area contributed by atoms with Gasteiger partial charge in [-0.05, 0) is 67.1 Å². The van der Waals surface area contributed by atoms with Gasteiger partial charge in [0.15, 0.2) is 0 Å². The summed E-state index contributed by atoms with van der Waals surface area (Å²) in [6.07, 6.45) is 1.57. The lowest BCUT2D eigenvalue weighted by molar-refractivity contribution is 0.628. The van der Waals surface area contributed by atoms with Crippen LogP contribution in [0.5, 0.6) is 0 Å². The summed E-state index contributed by atoms with van der Waals surface area (Å²) in [5.41, 5.74) is 5.09. The molecule has 1 N–H and O–H groups in total. The van der Waals surface area contributed by atoms with Crippen molar-refractivity contribution in [2.45, 2.75) is 12.8 Å². The number of aromatic nitrogens is 3. The van der Waals surface area contributed by atoms with Gasteiger partial charge >= 0.3 is 0 Å². The van der Waals surface area contributed by atoms with Gasteiger partial charge in [-0.2, -0.15) is 5.26 Å². The van der Waals surface area contributed by atoms with Crippen LogP contribution in [0.15, 0.2) is 91.0 Å². The van der Waals surface area contributed by atoms with E-state index in [1.165, 1.54) is 12.1 Å². The third kappa shape index (κ3) is 4.37. The molecule has 6 heteroatoms. The number of nitrogens with one attached hydrogen (secondary N) is 1. The molecule has 0 aliphatic carbocycles. The van der Waals surface area contributed by atoms with Crippen LogP contribution in [-0.4, -0.2) is 21.1 Å². The average molecular weight is 448 g/mol. The number of aryl methyl sites for hydroxylation is 1. The molecule has 2 heterocycles. The Hall–Kier alpha value is -4.50. The van der Waals surface area contributed by atoms with Gasteiger partial charge in [0.05, 0.1) is 22.3 Å². The lowest BCUT2D eigenvalue weighted by Gasteiger charge is -2.11. The summed E-state index contributed by atoms with van der Waals surface area (Å²) >= 11 is 0. The minimum Gasteiger partial charge on any atom is -0.369 e. The number of fused-ring (bicyclic) bond motifs is 1. The Morgan fingerprint density at radius 3 is 2.41 bits per heavy atom. The van der Waals surface area contributed by atoms with Crippen LogP contribution >= 0.6 is 0 Å². The monoisotopic (exact) mass is 447 g/mol. The number of hydrogen-bond donors (Lipinski definition) is 1. The summed E-state index contributed by atoms with van der Waals surface area (Å²) in [7, 11) is 0. The van der Waals surface area contributed by atoms with Crippen LogP contribution in [0.4, 0.5) is 10.2 Å². The van der Waals surface area contributed by atoms with Crippen molar-refractivity contribution in [3.63, 3.8) is 0 Å². The summed E-state index contributed by atoms with van der Waals surface area (Å²) in [5, 5.41) is 12.8. The molecule has 0 bridgehead atoms. The Morgan fingerprint density at radius 1 is 0.853 bits per heavy atom. The Labute approximate surface area is 197 Å². The van der Waals surface area contributed by atoms with E-state index < -0.39 is 0 Å². The highest BCUT2D eigenvalue weighted by Crippen LogP contribution is 2.24. The molecule has 0 saturated carbocycles. The van der Waals surface area contributed by atoms with Crippen molar-refractivity contribution >= 4 is 16.9 Å². The van der Waals surface area contributed by atoms with Gasteiger partial charge in [-0.1, -0.05) is 30.3 Å². The average Bonchev–Trinajstić information content (AvgIpc) is 3.26. The van der Waals surface area contributed by atoms with Crippen LogP contribution in [0.25, 0.3) is 28.0 Å². The lowest BCUT2D eigenvalue weighted by atomic mass is 10.1. The summed E-state index contributed by atoms with van der Waals surface area (Å²) in [6.45, 7) is 0.631. The maximum absolute atomic E-state index is 13.3. The molecule has 0 spiro atoms. The number of nitriles is 1. The highest BCUT2D eigenvalue weighted by atomic mass is 19.1. The Morgan fingerprint density at radius 2 is 1.62 bits per heavy atom. The molecule has 2 aromatic heterocycles. The number of anilines is 1. The first-order valence-corrected chi connectivity index (χ1v) is 11.2. The standard InChI is InChI=1S/C28H22FN5/c29-22-15-12-20(13-16-22)24-17-14-21(19-30)28(33-24)31-18-6-11-27-32-25-9-4-5-10-26(25)34(27)23-7-2-1-3-8-23/h1-5,7-10,12-17H,6,11,18H2,(H,31,33). The van der Waals surface area contributed by atoms with Crippen LogP contribution in [0, 0.1) is 17.1 Å². The zero-order chi connectivity index (χ0) is 23.3. The van der Waals surface area contributed by atoms with E-state index in [0.29, 0.717) is 23.6 Å². The molecule has 3 aromatic carbocycles. The molecule has 5 aromatic rings. The lowest BCUT2D eigenvalue weighted by Crippen LogP contribution is -2.09. The molecule has 0 aliphatic rings. The number of imidazole rings is 1. The van der Waals surface area contributed by atoms with E-state index in [-0.39, 0.29) is 5.82 Å². The molecule has 0 amide bonds. The third-order valence-corrected chi connectivity index (χ3v) is 5.67. The fraction of sp³-hybridized carbons (Fsp3) is 0.107. The van der Waals surface area contributed by atoms with Gasteiger partial charge in [-0.15, -0.1) is 0 Å². The molecule has 0 unspecified atom stereocenters. The summed E-state index contributed by atoms with van der Waals surface area (Å²) in [6, 6.07) is 30.2. The molecule has 0 aliphatic heterocycles. The van der Waals surface area contributed by atoms with E-state index in [4.69, 9.17) is 4.98 Å². The van der Waals surface area contributed by atoms with Crippen LogP contribution in [0.1, 0.15) is 17.8 Å². The summed E-state index contributed by atoms with van der Waals surface area (Å²) in [5.74, 6) is 1.22. The molecule has 0 fully saturated rings. The second-order valence-electron chi connectivity index (χ2n) is 7.93. The number of hydrogen-bond acceptors (Lipinski definition) is 4. The van der Waals surface area contributed by atoms with E-state index in [0.717, 1.165) is 41.0 Å². The molecule has 0 atom stereocenters. The highest BCUT2D eigenvalue weighted by Gasteiger charge is 2.12. The SMILES string of the molecule is N#Cc1ccc(-c2ccc(F)cc2)nc1NCCCc1nc2ccccc2n1-c1ccccc1. The minimum atomic E-state index is -0.294. The van der Waals surface area contributed by atoms with Gasteiger partial charge in [0.1, 0.15) is 23.5 Å². The third-order valence-electron chi connectivity index (χ3n) is 5.67. The molecular formula is C28H22FN5.